The Morgan fingerprint density at radius 2 is 1.90 bits per heavy atom. The number of anilines is 1. The van der Waals surface area contributed by atoms with Crippen molar-refractivity contribution >= 4 is 34.6 Å². The Morgan fingerprint density at radius 3 is 2.50 bits per heavy atom. The third-order valence-corrected chi connectivity index (χ3v) is 3.85. The van der Waals surface area contributed by atoms with E-state index in [0.717, 1.165) is 12.8 Å². The molecule has 1 N–H and O–H groups in total. The van der Waals surface area contributed by atoms with Crippen LogP contribution in [-0.2, 0) is 0 Å². The number of nitro groups is 1. The molecule has 0 saturated carbocycles. The molecule has 6 heteroatoms. The first kappa shape index (κ1) is 17.1. The molecule has 0 spiro atoms. The number of nitrogens with one attached hydrogen (secondary N) is 1. The van der Waals surface area contributed by atoms with Crippen LogP contribution in [0.2, 0.25) is 10.0 Å². The largest absolute Gasteiger partial charge is 0.377 e. The second kappa shape index (κ2) is 8.32. The van der Waals surface area contributed by atoms with Crippen LogP contribution in [0.5, 0.6) is 0 Å². The first-order valence-corrected chi connectivity index (χ1v) is 7.61. The molecule has 1 aromatic carbocycles. The van der Waals surface area contributed by atoms with Gasteiger partial charge in [0, 0.05) is 12.1 Å². The summed E-state index contributed by atoms with van der Waals surface area (Å²) in [5.41, 5.74) is 0.382. The molecule has 0 radical (unpaired) electrons. The highest BCUT2D eigenvalue weighted by Gasteiger charge is 2.18. The Kier molecular flexibility index (Phi) is 7.10. The van der Waals surface area contributed by atoms with Gasteiger partial charge in [-0.1, -0.05) is 55.8 Å². The van der Waals surface area contributed by atoms with Gasteiger partial charge < -0.3 is 5.32 Å². The van der Waals surface area contributed by atoms with Crippen LogP contribution in [0.15, 0.2) is 12.1 Å². The quantitative estimate of drug-likeness (QED) is 0.381. The fourth-order valence-corrected chi connectivity index (χ4v) is 2.34. The predicted molar refractivity (Wildman–Crippen MR) is 85.0 cm³/mol. The van der Waals surface area contributed by atoms with Crippen LogP contribution in [0.3, 0.4) is 0 Å². The highest BCUT2D eigenvalue weighted by atomic mass is 35.5. The number of rotatable bonds is 8. The molecule has 1 aromatic rings. The number of hydrogen-bond donors (Lipinski definition) is 1. The molecule has 20 heavy (non-hydrogen) atoms. The summed E-state index contributed by atoms with van der Waals surface area (Å²) >= 11 is 11.7. The molecule has 0 fully saturated rings. The summed E-state index contributed by atoms with van der Waals surface area (Å²) in [6.45, 7) is 4.18. The average Bonchev–Trinajstić information content (AvgIpc) is 2.38. The Balaban J connectivity index is 2.70. The molecule has 4 nitrogen and oxygen atoms in total. The van der Waals surface area contributed by atoms with E-state index >= 15 is 0 Å². The Labute approximate surface area is 129 Å². The Hall–Kier alpha value is -1.00. The fraction of sp³-hybridized carbons (Fsp3) is 0.571. The van der Waals surface area contributed by atoms with E-state index in [-0.39, 0.29) is 16.8 Å². The van der Waals surface area contributed by atoms with Gasteiger partial charge in [0.15, 0.2) is 0 Å². The van der Waals surface area contributed by atoms with Gasteiger partial charge in [-0.05, 0) is 19.4 Å². The van der Waals surface area contributed by atoms with Crippen molar-refractivity contribution in [2.45, 2.75) is 52.0 Å². The van der Waals surface area contributed by atoms with Gasteiger partial charge >= 0.3 is 0 Å². The molecule has 0 aliphatic rings. The molecule has 0 saturated heterocycles. The lowest BCUT2D eigenvalue weighted by atomic mass is 10.1. The molecule has 0 aromatic heterocycles. The van der Waals surface area contributed by atoms with E-state index in [1.165, 1.54) is 31.4 Å². The van der Waals surface area contributed by atoms with Crippen LogP contribution >= 0.6 is 23.2 Å². The molecule has 0 amide bonds. The molecule has 0 heterocycles. The molecular formula is C14H20Cl2N2O2. The van der Waals surface area contributed by atoms with Crippen molar-refractivity contribution in [3.63, 3.8) is 0 Å². The number of halogens is 2. The van der Waals surface area contributed by atoms with Crippen LogP contribution in [0, 0.1) is 10.1 Å². The van der Waals surface area contributed by atoms with Crippen LogP contribution in [-0.4, -0.2) is 11.0 Å². The summed E-state index contributed by atoms with van der Waals surface area (Å²) in [4.78, 5) is 10.6. The van der Waals surface area contributed by atoms with Crippen molar-refractivity contribution in [1.82, 2.24) is 0 Å². The Bertz CT molecular complexity index is 467. The Morgan fingerprint density at radius 1 is 1.25 bits per heavy atom. The van der Waals surface area contributed by atoms with E-state index < -0.39 is 4.92 Å². The molecule has 112 valence electrons. The standard InChI is InChI=1S/C14H20Cl2N2O2/c1-3-4-5-6-7-10(2)17-13-8-11(15)12(16)9-14(13)18(19)20/h8-10,17H,3-7H2,1-2H3. The van der Waals surface area contributed by atoms with E-state index in [0.29, 0.717) is 10.7 Å². The van der Waals surface area contributed by atoms with Crippen LogP contribution in [0.1, 0.15) is 46.0 Å². The lowest BCUT2D eigenvalue weighted by Crippen LogP contribution is -2.16. The topological polar surface area (TPSA) is 55.2 Å². The zero-order valence-corrected chi connectivity index (χ0v) is 13.3. The minimum atomic E-state index is -0.450. The number of nitrogens with zero attached hydrogens (tertiary/aromatic N) is 1. The minimum absolute atomic E-state index is 0.0418. The van der Waals surface area contributed by atoms with Crippen LogP contribution in [0.4, 0.5) is 11.4 Å². The van der Waals surface area contributed by atoms with Crippen molar-refractivity contribution < 1.29 is 4.92 Å². The van der Waals surface area contributed by atoms with Gasteiger partial charge in [-0.3, -0.25) is 10.1 Å². The van der Waals surface area contributed by atoms with Gasteiger partial charge in [0.1, 0.15) is 5.69 Å². The third kappa shape index (κ3) is 5.17. The molecular weight excluding hydrogens is 299 g/mol. The van der Waals surface area contributed by atoms with Crippen molar-refractivity contribution in [3.8, 4) is 0 Å². The predicted octanol–water partition coefficient (Wildman–Crippen LogP) is 5.67. The summed E-state index contributed by atoms with van der Waals surface area (Å²) in [6, 6.07) is 2.96. The van der Waals surface area contributed by atoms with Gasteiger partial charge in [0.2, 0.25) is 0 Å². The smallest absolute Gasteiger partial charge is 0.293 e. The summed E-state index contributed by atoms with van der Waals surface area (Å²) < 4.78 is 0. The second-order valence-electron chi connectivity index (χ2n) is 4.94. The van der Waals surface area contributed by atoms with E-state index in [2.05, 4.69) is 12.2 Å². The third-order valence-electron chi connectivity index (χ3n) is 3.13. The average molecular weight is 319 g/mol. The summed E-state index contributed by atoms with van der Waals surface area (Å²) in [5.74, 6) is 0. The van der Waals surface area contributed by atoms with Gasteiger partial charge in [0.05, 0.1) is 15.0 Å². The van der Waals surface area contributed by atoms with Gasteiger partial charge in [-0.25, -0.2) is 0 Å². The van der Waals surface area contributed by atoms with Crippen LogP contribution < -0.4 is 5.32 Å². The van der Waals surface area contributed by atoms with Gasteiger partial charge in [-0.15, -0.1) is 0 Å². The lowest BCUT2D eigenvalue weighted by Gasteiger charge is -2.15. The molecule has 0 bridgehead atoms. The normalized spacial score (nSPS) is 12.2. The monoisotopic (exact) mass is 318 g/mol. The molecule has 1 atom stereocenters. The highest BCUT2D eigenvalue weighted by Crippen LogP contribution is 2.34. The molecule has 0 aliphatic heterocycles. The number of nitro benzene ring substituents is 1. The molecule has 1 rings (SSSR count). The molecule has 0 aliphatic carbocycles. The lowest BCUT2D eigenvalue weighted by molar-refractivity contribution is -0.384. The van der Waals surface area contributed by atoms with Crippen molar-refractivity contribution in [2.24, 2.45) is 0 Å². The zero-order valence-electron chi connectivity index (χ0n) is 11.8. The van der Waals surface area contributed by atoms with Gasteiger partial charge in [0.25, 0.3) is 5.69 Å². The van der Waals surface area contributed by atoms with E-state index in [1.54, 1.807) is 0 Å². The first-order chi connectivity index (χ1) is 9.45. The zero-order chi connectivity index (χ0) is 15.1. The highest BCUT2D eigenvalue weighted by molar-refractivity contribution is 6.42. The summed E-state index contributed by atoms with van der Waals surface area (Å²) in [5, 5.41) is 14.7. The van der Waals surface area contributed by atoms with Crippen molar-refractivity contribution in [3.05, 3.63) is 32.3 Å². The summed E-state index contributed by atoms with van der Waals surface area (Å²) in [6.07, 6.45) is 5.68. The van der Waals surface area contributed by atoms with E-state index in [9.17, 15) is 10.1 Å². The SMILES string of the molecule is CCCCCCC(C)Nc1cc(Cl)c(Cl)cc1[N+](=O)[O-]. The van der Waals surface area contributed by atoms with Gasteiger partial charge in [-0.2, -0.15) is 0 Å². The minimum Gasteiger partial charge on any atom is -0.377 e. The van der Waals surface area contributed by atoms with Crippen LogP contribution in [0.25, 0.3) is 0 Å². The molecule has 1 unspecified atom stereocenters. The second-order valence-corrected chi connectivity index (χ2v) is 5.75. The maximum atomic E-state index is 11.0. The first-order valence-electron chi connectivity index (χ1n) is 6.85. The maximum Gasteiger partial charge on any atom is 0.293 e. The maximum absolute atomic E-state index is 11.0. The van der Waals surface area contributed by atoms with E-state index in [1.807, 2.05) is 6.92 Å². The number of benzene rings is 1. The number of hydrogen-bond acceptors (Lipinski definition) is 3. The summed E-state index contributed by atoms with van der Waals surface area (Å²) in [7, 11) is 0. The van der Waals surface area contributed by atoms with Crippen molar-refractivity contribution in [1.29, 1.82) is 0 Å². The van der Waals surface area contributed by atoms with E-state index in [4.69, 9.17) is 23.2 Å². The number of unbranched alkanes of at least 4 members (excludes halogenated alkanes) is 3. The van der Waals surface area contributed by atoms with Crippen molar-refractivity contribution in [2.75, 3.05) is 5.32 Å². The fourth-order valence-electron chi connectivity index (χ4n) is 2.02.